The summed E-state index contributed by atoms with van der Waals surface area (Å²) in [6.45, 7) is 8.03. The Morgan fingerprint density at radius 1 is 1.35 bits per heavy atom. The number of carbonyl (C=O) groups excluding carboxylic acids is 1. The van der Waals surface area contributed by atoms with Crippen LogP contribution in [-0.2, 0) is 11.2 Å². The second-order valence-corrected chi connectivity index (χ2v) is 5.70. The van der Waals surface area contributed by atoms with E-state index in [-0.39, 0.29) is 24.2 Å². The molecule has 108 valence electrons. The van der Waals surface area contributed by atoms with E-state index in [9.17, 15) is 9.18 Å². The summed E-state index contributed by atoms with van der Waals surface area (Å²) in [6, 6.07) is 4.73. The number of aromatic nitrogens is 1. The summed E-state index contributed by atoms with van der Waals surface area (Å²) in [4.78, 5) is 15.3. The van der Waals surface area contributed by atoms with Gasteiger partial charge in [0.2, 0.25) is 5.91 Å². The quantitative estimate of drug-likeness (QED) is 0.884. The van der Waals surface area contributed by atoms with E-state index in [1.165, 1.54) is 12.1 Å². The molecule has 2 N–H and O–H groups in total. The molecule has 1 amide bonds. The number of hydrogen-bond donors (Lipinski definition) is 2. The lowest BCUT2D eigenvalue weighted by molar-refractivity contribution is -0.121. The van der Waals surface area contributed by atoms with Gasteiger partial charge >= 0.3 is 0 Å². The van der Waals surface area contributed by atoms with Gasteiger partial charge in [0, 0.05) is 22.6 Å². The van der Waals surface area contributed by atoms with E-state index >= 15 is 0 Å². The topological polar surface area (TPSA) is 44.9 Å². The number of fused-ring (bicyclic) bond motifs is 1. The molecular weight excluding hydrogens is 255 g/mol. The van der Waals surface area contributed by atoms with Crippen molar-refractivity contribution in [1.82, 2.24) is 10.3 Å². The highest BCUT2D eigenvalue weighted by atomic mass is 19.1. The lowest BCUT2D eigenvalue weighted by Crippen LogP contribution is -2.37. The number of nitrogens with one attached hydrogen (secondary N) is 2. The highest BCUT2D eigenvalue weighted by Crippen LogP contribution is 2.23. The van der Waals surface area contributed by atoms with Crippen molar-refractivity contribution in [1.29, 1.82) is 0 Å². The first-order valence-corrected chi connectivity index (χ1v) is 6.94. The zero-order chi connectivity index (χ0) is 14.9. The number of halogens is 1. The van der Waals surface area contributed by atoms with Crippen LogP contribution in [0.4, 0.5) is 4.39 Å². The highest BCUT2D eigenvalue weighted by Gasteiger charge is 2.15. The normalized spacial score (nSPS) is 12.9. The van der Waals surface area contributed by atoms with Crippen molar-refractivity contribution < 1.29 is 9.18 Å². The molecule has 2 rings (SSSR count). The van der Waals surface area contributed by atoms with E-state index < -0.39 is 0 Å². The summed E-state index contributed by atoms with van der Waals surface area (Å²) in [5.74, 6) is 0.0774. The zero-order valence-electron chi connectivity index (χ0n) is 12.4. The van der Waals surface area contributed by atoms with Crippen LogP contribution in [0, 0.1) is 18.7 Å². The molecule has 0 aliphatic carbocycles. The molecule has 3 nitrogen and oxygen atoms in total. The van der Waals surface area contributed by atoms with Gasteiger partial charge in [-0.3, -0.25) is 4.79 Å². The van der Waals surface area contributed by atoms with Crippen LogP contribution in [0.3, 0.4) is 0 Å². The number of benzene rings is 1. The maximum Gasteiger partial charge on any atom is 0.224 e. The molecular formula is C16H21FN2O. The summed E-state index contributed by atoms with van der Waals surface area (Å²) in [5.41, 5.74) is 2.65. The van der Waals surface area contributed by atoms with Gasteiger partial charge in [0.05, 0.1) is 6.42 Å². The van der Waals surface area contributed by atoms with Gasteiger partial charge in [0.1, 0.15) is 5.82 Å². The standard InChI is InChI=1S/C16H21FN2O/c1-9(2)10(3)19-16(20)8-13-11(4)18-15-6-5-12(17)7-14(13)15/h5-7,9-10,18H,8H2,1-4H3,(H,19,20). The Labute approximate surface area is 118 Å². The first-order valence-electron chi connectivity index (χ1n) is 6.94. The first-order chi connectivity index (χ1) is 9.38. The monoisotopic (exact) mass is 276 g/mol. The number of amides is 1. The minimum absolute atomic E-state index is 0.0283. The third kappa shape index (κ3) is 3.00. The number of aryl methyl sites for hydroxylation is 1. The average Bonchev–Trinajstić information content (AvgIpc) is 2.66. The minimum atomic E-state index is -0.284. The van der Waals surface area contributed by atoms with Crippen molar-refractivity contribution in [2.75, 3.05) is 0 Å². The number of H-pyrrole nitrogens is 1. The average molecular weight is 276 g/mol. The van der Waals surface area contributed by atoms with Crippen molar-refractivity contribution in [3.05, 3.63) is 35.3 Å². The summed E-state index contributed by atoms with van der Waals surface area (Å²) < 4.78 is 13.4. The van der Waals surface area contributed by atoms with Crippen molar-refractivity contribution >= 4 is 16.8 Å². The minimum Gasteiger partial charge on any atom is -0.358 e. The largest absolute Gasteiger partial charge is 0.358 e. The molecule has 0 aliphatic rings. The van der Waals surface area contributed by atoms with E-state index in [1.807, 2.05) is 13.8 Å². The maximum absolute atomic E-state index is 13.4. The predicted molar refractivity (Wildman–Crippen MR) is 79.1 cm³/mol. The third-order valence-corrected chi connectivity index (χ3v) is 3.81. The molecule has 2 aromatic rings. The molecule has 1 heterocycles. The van der Waals surface area contributed by atoms with Gasteiger partial charge in [-0.1, -0.05) is 13.8 Å². The summed E-state index contributed by atoms with van der Waals surface area (Å²) in [7, 11) is 0. The fourth-order valence-corrected chi connectivity index (χ4v) is 2.21. The van der Waals surface area contributed by atoms with E-state index in [2.05, 4.69) is 24.1 Å². The molecule has 0 saturated heterocycles. The summed E-state index contributed by atoms with van der Waals surface area (Å²) in [6.07, 6.45) is 0.270. The Kier molecular flexibility index (Phi) is 4.12. The van der Waals surface area contributed by atoms with Gasteiger partial charge in [-0.15, -0.1) is 0 Å². The smallest absolute Gasteiger partial charge is 0.224 e. The Balaban J connectivity index is 2.23. The molecule has 0 saturated carbocycles. The second-order valence-electron chi connectivity index (χ2n) is 5.70. The number of rotatable bonds is 4. The second kappa shape index (κ2) is 5.65. The predicted octanol–water partition coefficient (Wildman–Crippen LogP) is 3.32. The lowest BCUT2D eigenvalue weighted by Gasteiger charge is -2.17. The molecule has 0 aliphatic heterocycles. The van der Waals surface area contributed by atoms with Gasteiger partial charge in [0.25, 0.3) is 0 Å². The summed E-state index contributed by atoms with van der Waals surface area (Å²) >= 11 is 0. The lowest BCUT2D eigenvalue weighted by atomic mass is 10.0. The van der Waals surface area contributed by atoms with Crippen molar-refractivity contribution in [3.8, 4) is 0 Å². The van der Waals surface area contributed by atoms with Crippen molar-refractivity contribution in [2.24, 2.45) is 5.92 Å². The van der Waals surface area contributed by atoms with Gasteiger partial charge in [-0.05, 0) is 43.5 Å². The highest BCUT2D eigenvalue weighted by molar-refractivity contribution is 5.90. The van der Waals surface area contributed by atoms with Gasteiger partial charge in [-0.2, -0.15) is 0 Å². The van der Waals surface area contributed by atoms with Crippen LogP contribution in [0.25, 0.3) is 10.9 Å². The van der Waals surface area contributed by atoms with E-state index in [0.29, 0.717) is 5.92 Å². The van der Waals surface area contributed by atoms with Crippen LogP contribution in [-0.4, -0.2) is 16.9 Å². The molecule has 4 heteroatoms. The molecule has 0 fully saturated rings. The Hall–Kier alpha value is -1.84. The van der Waals surface area contributed by atoms with E-state index in [1.54, 1.807) is 6.07 Å². The fraction of sp³-hybridized carbons (Fsp3) is 0.438. The zero-order valence-corrected chi connectivity index (χ0v) is 12.4. The number of hydrogen-bond acceptors (Lipinski definition) is 1. The van der Waals surface area contributed by atoms with Crippen molar-refractivity contribution in [2.45, 2.75) is 40.2 Å². The Morgan fingerprint density at radius 2 is 2.05 bits per heavy atom. The molecule has 0 bridgehead atoms. The van der Waals surface area contributed by atoms with Crippen molar-refractivity contribution in [3.63, 3.8) is 0 Å². The SMILES string of the molecule is Cc1[nH]c2ccc(F)cc2c1CC(=O)NC(C)C(C)C. The van der Waals surface area contributed by atoms with Crippen LogP contribution < -0.4 is 5.32 Å². The Bertz CT molecular complexity index is 631. The van der Waals surface area contributed by atoms with Crippen LogP contribution in [0.1, 0.15) is 32.0 Å². The third-order valence-electron chi connectivity index (χ3n) is 3.81. The maximum atomic E-state index is 13.4. The van der Waals surface area contributed by atoms with Crippen LogP contribution in [0.15, 0.2) is 18.2 Å². The van der Waals surface area contributed by atoms with Gasteiger partial charge < -0.3 is 10.3 Å². The van der Waals surface area contributed by atoms with E-state index in [4.69, 9.17) is 0 Å². The molecule has 20 heavy (non-hydrogen) atoms. The fourth-order valence-electron chi connectivity index (χ4n) is 2.21. The Morgan fingerprint density at radius 3 is 2.70 bits per heavy atom. The van der Waals surface area contributed by atoms with Gasteiger partial charge in [-0.25, -0.2) is 4.39 Å². The molecule has 1 unspecified atom stereocenters. The van der Waals surface area contributed by atoms with E-state index in [0.717, 1.165) is 22.2 Å². The molecule has 0 spiro atoms. The van der Waals surface area contributed by atoms with Crippen LogP contribution >= 0.6 is 0 Å². The number of carbonyl (C=O) groups is 1. The molecule has 0 radical (unpaired) electrons. The van der Waals surface area contributed by atoms with Gasteiger partial charge in [0.15, 0.2) is 0 Å². The van der Waals surface area contributed by atoms with Crippen LogP contribution in [0.2, 0.25) is 0 Å². The summed E-state index contributed by atoms with van der Waals surface area (Å²) in [5, 5.41) is 3.76. The first kappa shape index (κ1) is 14.6. The molecule has 1 aromatic heterocycles. The molecule has 1 aromatic carbocycles. The van der Waals surface area contributed by atoms with Crippen LogP contribution in [0.5, 0.6) is 0 Å². The molecule has 1 atom stereocenters. The number of aromatic amines is 1.